The fourth-order valence-corrected chi connectivity index (χ4v) is 7.18. The first-order valence-corrected chi connectivity index (χ1v) is 16.0. The Balaban J connectivity index is 1.74. The highest BCUT2D eigenvalue weighted by Crippen LogP contribution is 2.50. The van der Waals surface area contributed by atoms with E-state index >= 15 is 0 Å². The molecule has 0 bridgehead atoms. The Morgan fingerprint density at radius 3 is 2.07 bits per heavy atom. The summed E-state index contributed by atoms with van der Waals surface area (Å²) in [6.07, 6.45) is 1.80. The molecule has 0 aromatic heterocycles. The Bertz CT molecular complexity index is 1750. The minimum Gasteiger partial charge on any atom is -0.457 e. The lowest BCUT2D eigenvalue weighted by Crippen LogP contribution is -2.35. The maximum Gasteiger partial charge on any atom is 0.336 e. The van der Waals surface area contributed by atoms with Gasteiger partial charge in [-0.3, -0.25) is 4.31 Å². The van der Waals surface area contributed by atoms with Gasteiger partial charge in [-0.15, -0.1) is 0 Å². The van der Waals surface area contributed by atoms with Crippen molar-refractivity contribution in [2.24, 2.45) is 5.92 Å². The van der Waals surface area contributed by atoms with Crippen molar-refractivity contribution in [2.45, 2.75) is 76.9 Å². The van der Waals surface area contributed by atoms with Crippen molar-refractivity contribution >= 4 is 32.7 Å². The second-order valence-corrected chi connectivity index (χ2v) is 15.2. The summed E-state index contributed by atoms with van der Waals surface area (Å²) in [5.74, 6) is -2.29. The van der Waals surface area contributed by atoms with Crippen molar-refractivity contribution < 1.29 is 27.5 Å². The fraction of sp³-hybridized carbons (Fsp3) is 0.371. The molecular weight excluding hydrogens is 562 g/mol. The van der Waals surface area contributed by atoms with E-state index in [1.807, 2.05) is 49.4 Å². The smallest absolute Gasteiger partial charge is 0.336 e. The molecule has 8 heteroatoms. The van der Waals surface area contributed by atoms with Crippen molar-refractivity contribution in [2.75, 3.05) is 6.54 Å². The zero-order valence-electron chi connectivity index (χ0n) is 25.8. The van der Waals surface area contributed by atoms with Gasteiger partial charge in [-0.05, 0) is 88.9 Å². The summed E-state index contributed by atoms with van der Waals surface area (Å²) in [7, 11) is -3.89. The Kier molecular flexibility index (Phi) is 7.80. The predicted molar refractivity (Wildman–Crippen MR) is 167 cm³/mol. The quantitative estimate of drug-likeness (QED) is 0.298. The van der Waals surface area contributed by atoms with Crippen LogP contribution < -0.4 is 0 Å². The maximum absolute atomic E-state index is 14.1. The van der Waals surface area contributed by atoms with Crippen LogP contribution in [0.15, 0.2) is 94.5 Å². The summed E-state index contributed by atoms with van der Waals surface area (Å²) in [4.78, 5) is 28.1. The zero-order chi connectivity index (χ0) is 31.3. The first-order chi connectivity index (χ1) is 20.0. The minimum atomic E-state index is -3.89. The van der Waals surface area contributed by atoms with E-state index in [1.54, 1.807) is 72.0 Å². The maximum atomic E-state index is 14.1. The molecule has 7 nitrogen and oxygen atoms in total. The van der Waals surface area contributed by atoms with Crippen molar-refractivity contribution in [1.29, 1.82) is 0 Å². The van der Waals surface area contributed by atoms with Crippen LogP contribution in [-0.4, -0.2) is 42.4 Å². The van der Waals surface area contributed by atoms with Crippen LogP contribution in [0.4, 0.5) is 0 Å². The van der Waals surface area contributed by atoms with E-state index < -0.39 is 39.1 Å². The first-order valence-electron chi connectivity index (χ1n) is 14.5. The number of rotatable bonds is 5. The molecule has 2 aliphatic rings. The molecule has 3 aromatic carbocycles. The monoisotopic (exact) mass is 601 g/mol. The molecule has 0 saturated carbocycles. The predicted octanol–water partition coefficient (Wildman–Crippen LogP) is 6.82. The number of carbonyl (C=O) groups is 2. The summed E-state index contributed by atoms with van der Waals surface area (Å²) < 4.78 is 40.8. The third kappa shape index (κ3) is 6.25. The van der Waals surface area contributed by atoms with Gasteiger partial charge in [-0.25, -0.2) is 18.0 Å². The van der Waals surface area contributed by atoms with Crippen LogP contribution in [-0.2, 0) is 29.1 Å². The lowest BCUT2D eigenvalue weighted by molar-refractivity contribution is -0.154. The van der Waals surface area contributed by atoms with Crippen LogP contribution in [0, 0.1) is 12.8 Å². The van der Waals surface area contributed by atoms with Gasteiger partial charge in [-0.2, -0.15) is 0 Å². The molecule has 0 fully saturated rings. The normalized spacial score (nSPS) is 19.2. The standard InChI is InChI=1S/C35H39NO6S/c1-22-15-17-25(18-16-22)43(39,40)36-20-24-19-28(32(37)41-34(2,3)4)31(33(38)42-35(5,6)7)30(29(24)21-36)27-14-10-12-23-11-8-9-13-26(23)27/h8-18,21,24,30H,19-20H2,1-7H3/t24-,30?/m1/s1. The van der Waals surface area contributed by atoms with Crippen molar-refractivity contribution in [3.05, 3.63) is 101 Å². The van der Waals surface area contributed by atoms with Gasteiger partial charge in [0.1, 0.15) is 11.2 Å². The van der Waals surface area contributed by atoms with Crippen molar-refractivity contribution in [3.8, 4) is 0 Å². The molecule has 43 heavy (non-hydrogen) atoms. The number of benzene rings is 3. The highest BCUT2D eigenvalue weighted by Gasteiger charge is 2.47. The van der Waals surface area contributed by atoms with Gasteiger partial charge in [-0.1, -0.05) is 60.2 Å². The third-order valence-corrected chi connectivity index (χ3v) is 9.33. The fourth-order valence-electron chi connectivity index (χ4n) is 5.79. The number of aryl methyl sites for hydroxylation is 1. The molecule has 1 aliphatic carbocycles. The Labute approximate surface area is 254 Å². The molecule has 1 aliphatic heterocycles. The molecule has 1 heterocycles. The van der Waals surface area contributed by atoms with Crippen LogP contribution >= 0.6 is 0 Å². The summed E-state index contributed by atoms with van der Waals surface area (Å²) >= 11 is 0. The van der Waals surface area contributed by atoms with Gasteiger partial charge < -0.3 is 9.47 Å². The van der Waals surface area contributed by atoms with E-state index in [2.05, 4.69) is 0 Å². The van der Waals surface area contributed by atoms with Crippen LogP contribution in [0.25, 0.3) is 10.8 Å². The SMILES string of the molecule is Cc1ccc(S(=O)(=O)N2C=C3C(c4cccc5ccccc45)C(C(=O)OC(C)(C)C)=C(C(=O)OC(C)(C)C)C[C@@H]3C2)cc1. The molecule has 226 valence electrons. The van der Waals surface area contributed by atoms with Gasteiger partial charge in [0, 0.05) is 30.2 Å². The molecule has 0 saturated heterocycles. The molecule has 0 radical (unpaired) electrons. The summed E-state index contributed by atoms with van der Waals surface area (Å²) in [5.41, 5.74) is 1.29. The molecule has 5 rings (SSSR count). The van der Waals surface area contributed by atoms with Gasteiger partial charge in [0.15, 0.2) is 0 Å². The van der Waals surface area contributed by atoms with Gasteiger partial charge in [0.25, 0.3) is 10.0 Å². The van der Waals surface area contributed by atoms with Crippen molar-refractivity contribution in [3.63, 3.8) is 0 Å². The van der Waals surface area contributed by atoms with Crippen LogP contribution in [0.2, 0.25) is 0 Å². The topological polar surface area (TPSA) is 90.0 Å². The molecule has 2 atom stereocenters. The van der Waals surface area contributed by atoms with Gasteiger partial charge in [0.05, 0.1) is 10.5 Å². The Morgan fingerprint density at radius 1 is 0.814 bits per heavy atom. The summed E-state index contributed by atoms with van der Waals surface area (Å²) in [5, 5.41) is 1.87. The zero-order valence-corrected chi connectivity index (χ0v) is 26.6. The van der Waals surface area contributed by atoms with Crippen LogP contribution in [0.5, 0.6) is 0 Å². The second-order valence-electron chi connectivity index (χ2n) is 13.3. The van der Waals surface area contributed by atoms with E-state index in [4.69, 9.17) is 9.47 Å². The first kappa shape index (κ1) is 30.5. The van der Waals surface area contributed by atoms with Gasteiger partial charge in [0.2, 0.25) is 0 Å². The largest absolute Gasteiger partial charge is 0.457 e. The molecular formula is C35H39NO6S. The number of fused-ring (bicyclic) bond motifs is 2. The second kappa shape index (κ2) is 11.0. The number of esters is 2. The highest BCUT2D eigenvalue weighted by molar-refractivity contribution is 7.89. The third-order valence-electron chi connectivity index (χ3n) is 7.59. The minimum absolute atomic E-state index is 0.140. The van der Waals surface area contributed by atoms with E-state index in [9.17, 15) is 18.0 Å². The van der Waals surface area contributed by atoms with E-state index in [0.29, 0.717) is 0 Å². The molecule has 0 amide bonds. The van der Waals surface area contributed by atoms with E-state index in [1.165, 1.54) is 4.31 Å². The molecule has 0 spiro atoms. The number of hydrogen-bond acceptors (Lipinski definition) is 6. The number of hydrogen-bond donors (Lipinski definition) is 0. The number of carbonyl (C=O) groups excluding carboxylic acids is 2. The average molecular weight is 602 g/mol. The Hall–Kier alpha value is -3.91. The lowest BCUT2D eigenvalue weighted by Gasteiger charge is -2.35. The van der Waals surface area contributed by atoms with E-state index in [-0.39, 0.29) is 34.9 Å². The van der Waals surface area contributed by atoms with Crippen LogP contribution in [0.3, 0.4) is 0 Å². The molecule has 3 aromatic rings. The Morgan fingerprint density at radius 2 is 1.42 bits per heavy atom. The van der Waals surface area contributed by atoms with E-state index in [0.717, 1.165) is 27.5 Å². The summed E-state index contributed by atoms with van der Waals surface area (Å²) in [6, 6.07) is 20.4. The number of ether oxygens (including phenoxy) is 2. The molecule has 0 N–H and O–H groups in total. The number of sulfonamides is 1. The number of nitrogens with zero attached hydrogens (tertiary/aromatic N) is 1. The van der Waals surface area contributed by atoms with Crippen molar-refractivity contribution in [1.82, 2.24) is 4.31 Å². The molecule has 1 unspecified atom stereocenters. The average Bonchev–Trinajstić information content (AvgIpc) is 3.35. The van der Waals surface area contributed by atoms with Gasteiger partial charge >= 0.3 is 11.9 Å². The lowest BCUT2D eigenvalue weighted by atomic mass is 9.70. The highest BCUT2D eigenvalue weighted by atomic mass is 32.2. The van der Waals surface area contributed by atoms with Crippen LogP contribution in [0.1, 0.15) is 65.0 Å². The summed E-state index contributed by atoms with van der Waals surface area (Å²) in [6.45, 7) is 12.7.